The first-order chi connectivity index (χ1) is 8.24. The van der Waals surface area contributed by atoms with Crippen LogP contribution in [-0.4, -0.2) is 27.9 Å². The Labute approximate surface area is 104 Å². The molecule has 0 radical (unpaired) electrons. The van der Waals surface area contributed by atoms with Gasteiger partial charge >= 0.3 is 0 Å². The quantitative estimate of drug-likeness (QED) is 0.868. The van der Waals surface area contributed by atoms with Crippen LogP contribution in [0.1, 0.15) is 38.9 Å². The molecule has 3 unspecified atom stereocenters. The van der Waals surface area contributed by atoms with E-state index < -0.39 is 0 Å². The molecule has 1 saturated carbocycles. The Morgan fingerprint density at radius 3 is 3.00 bits per heavy atom. The molecule has 1 aromatic rings. The van der Waals surface area contributed by atoms with Crippen molar-refractivity contribution < 1.29 is 0 Å². The van der Waals surface area contributed by atoms with Crippen molar-refractivity contribution in [2.45, 2.75) is 52.1 Å². The standard InChI is InChI=1S/C13H24N4/c1-4-17-13(15-9-16-17)8-11-7-10(2)5-6-12(11)14-3/h9-12,14H,4-8H2,1-3H3. The summed E-state index contributed by atoms with van der Waals surface area (Å²) in [4.78, 5) is 4.40. The van der Waals surface area contributed by atoms with E-state index in [4.69, 9.17) is 0 Å². The molecule has 0 bridgehead atoms. The summed E-state index contributed by atoms with van der Waals surface area (Å²) < 4.78 is 2.02. The van der Waals surface area contributed by atoms with Crippen molar-refractivity contribution in [3.8, 4) is 0 Å². The zero-order valence-corrected chi connectivity index (χ0v) is 11.2. The van der Waals surface area contributed by atoms with Gasteiger partial charge in [-0.15, -0.1) is 0 Å². The molecule has 4 nitrogen and oxygen atoms in total. The number of aromatic nitrogens is 3. The predicted octanol–water partition coefficient (Wildman–Crippen LogP) is 1.86. The summed E-state index contributed by atoms with van der Waals surface area (Å²) >= 11 is 0. The second-order valence-electron chi connectivity index (χ2n) is 5.27. The summed E-state index contributed by atoms with van der Waals surface area (Å²) in [6.45, 7) is 5.41. The summed E-state index contributed by atoms with van der Waals surface area (Å²) in [6.07, 6.45) is 6.69. The Hall–Kier alpha value is -0.900. The minimum absolute atomic E-state index is 0.646. The van der Waals surface area contributed by atoms with E-state index >= 15 is 0 Å². The van der Waals surface area contributed by atoms with Gasteiger partial charge in [0.25, 0.3) is 0 Å². The lowest BCUT2D eigenvalue weighted by atomic mass is 9.77. The molecule has 1 aliphatic carbocycles. The normalized spacial score (nSPS) is 29.5. The minimum Gasteiger partial charge on any atom is -0.317 e. The largest absolute Gasteiger partial charge is 0.317 e. The maximum atomic E-state index is 4.40. The fourth-order valence-corrected chi connectivity index (χ4v) is 3.05. The van der Waals surface area contributed by atoms with Crippen molar-refractivity contribution in [2.75, 3.05) is 7.05 Å². The van der Waals surface area contributed by atoms with Crippen molar-refractivity contribution in [2.24, 2.45) is 11.8 Å². The zero-order valence-electron chi connectivity index (χ0n) is 11.2. The molecule has 1 fully saturated rings. The molecule has 0 spiro atoms. The molecular formula is C13H24N4. The first-order valence-corrected chi connectivity index (χ1v) is 6.78. The van der Waals surface area contributed by atoms with E-state index in [-0.39, 0.29) is 0 Å². The van der Waals surface area contributed by atoms with Gasteiger partial charge in [0.05, 0.1) is 0 Å². The molecule has 0 saturated heterocycles. The predicted molar refractivity (Wildman–Crippen MR) is 68.8 cm³/mol. The van der Waals surface area contributed by atoms with Crippen molar-refractivity contribution in [1.29, 1.82) is 0 Å². The molecule has 4 heteroatoms. The fraction of sp³-hybridized carbons (Fsp3) is 0.846. The van der Waals surface area contributed by atoms with Gasteiger partial charge in [-0.2, -0.15) is 5.10 Å². The van der Waals surface area contributed by atoms with Gasteiger partial charge in [-0.1, -0.05) is 6.92 Å². The van der Waals surface area contributed by atoms with Gasteiger partial charge in [-0.3, -0.25) is 4.68 Å². The van der Waals surface area contributed by atoms with Crippen molar-refractivity contribution in [3.63, 3.8) is 0 Å². The summed E-state index contributed by atoms with van der Waals surface area (Å²) in [5, 5.41) is 7.72. The van der Waals surface area contributed by atoms with Gasteiger partial charge in [0.15, 0.2) is 0 Å². The van der Waals surface area contributed by atoms with Crippen molar-refractivity contribution in [3.05, 3.63) is 12.2 Å². The number of hydrogen-bond acceptors (Lipinski definition) is 3. The summed E-state index contributed by atoms with van der Waals surface area (Å²) in [7, 11) is 2.08. The molecular weight excluding hydrogens is 212 g/mol. The molecule has 3 atom stereocenters. The second-order valence-corrected chi connectivity index (χ2v) is 5.27. The summed E-state index contributed by atoms with van der Waals surface area (Å²) in [6, 6.07) is 0.646. The molecule has 1 aliphatic rings. The number of aryl methyl sites for hydroxylation is 1. The van der Waals surface area contributed by atoms with Gasteiger partial charge in [0, 0.05) is 19.0 Å². The van der Waals surface area contributed by atoms with Crippen LogP contribution >= 0.6 is 0 Å². The molecule has 1 aromatic heterocycles. The lowest BCUT2D eigenvalue weighted by Gasteiger charge is -2.34. The van der Waals surface area contributed by atoms with Crippen LogP contribution in [0.4, 0.5) is 0 Å². The highest BCUT2D eigenvalue weighted by Crippen LogP contribution is 2.30. The Balaban J connectivity index is 2.05. The Bertz CT molecular complexity index is 347. The maximum absolute atomic E-state index is 4.40. The van der Waals surface area contributed by atoms with Crippen molar-refractivity contribution >= 4 is 0 Å². The minimum atomic E-state index is 0.646. The summed E-state index contributed by atoms with van der Waals surface area (Å²) in [5.41, 5.74) is 0. The van der Waals surface area contributed by atoms with Crippen LogP contribution in [0.25, 0.3) is 0 Å². The Morgan fingerprint density at radius 2 is 2.29 bits per heavy atom. The maximum Gasteiger partial charge on any atom is 0.138 e. The Morgan fingerprint density at radius 1 is 1.47 bits per heavy atom. The van der Waals surface area contributed by atoms with E-state index in [2.05, 4.69) is 36.3 Å². The average Bonchev–Trinajstić information content (AvgIpc) is 2.77. The third-order valence-electron chi connectivity index (χ3n) is 4.06. The zero-order chi connectivity index (χ0) is 12.3. The van der Waals surface area contributed by atoms with Crippen LogP contribution in [0.2, 0.25) is 0 Å². The summed E-state index contributed by atoms with van der Waals surface area (Å²) in [5.74, 6) is 2.70. The van der Waals surface area contributed by atoms with Gasteiger partial charge < -0.3 is 5.32 Å². The van der Waals surface area contributed by atoms with E-state index in [1.165, 1.54) is 19.3 Å². The highest BCUT2D eigenvalue weighted by molar-refractivity contribution is 4.93. The SMILES string of the molecule is CCn1ncnc1CC1CC(C)CCC1NC. The third kappa shape index (κ3) is 2.86. The van der Waals surface area contributed by atoms with E-state index in [1.807, 2.05) is 4.68 Å². The van der Waals surface area contributed by atoms with E-state index in [1.54, 1.807) is 6.33 Å². The van der Waals surface area contributed by atoms with Crippen LogP contribution in [0.3, 0.4) is 0 Å². The molecule has 1 N–H and O–H groups in total. The van der Waals surface area contributed by atoms with Gasteiger partial charge in [-0.05, 0) is 45.1 Å². The molecule has 0 aromatic carbocycles. The number of nitrogens with zero attached hydrogens (tertiary/aromatic N) is 3. The first kappa shape index (κ1) is 12.6. The van der Waals surface area contributed by atoms with Crippen LogP contribution in [-0.2, 0) is 13.0 Å². The van der Waals surface area contributed by atoms with Crippen LogP contribution in [0.5, 0.6) is 0 Å². The van der Waals surface area contributed by atoms with Crippen LogP contribution in [0.15, 0.2) is 6.33 Å². The fourth-order valence-electron chi connectivity index (χ4n) is 3.05. The number of nitrogens with one attached hydrogen (secondary N) is 1. The van der Waals surface area contributed by atoms with E-state index in [0.29, 0.717) is 12.0 Å². The first-order valence-electron chi connectivity index (χ1n) is 6.78. The molecule has 0 amide bonds. The average molecular weight is 236 g/mol. The van der Waals surface area contributed by atoms with Crippen LogP contribution in [0, 0.1) is 11.8 Å². The Kier molecular flexibility index (Phi) is 4.15. The van der Waals surface area contributed by atoms with Crippen molar-refractivity contribution in [1.82, 2.24) is 20.1 Å². The van der Waals surface area contributed by atoms with Gasteiger partial charge in [-0.25, -0.2) is 4.98 Å². The van der Waals surface area contributed by atoms with Gasteiger partial charge in [0.2, 0.25) is 0 Å². The smallest absolute Gasteiger partial charge is 0.138 e. The highest BCUT2D eigenvalue weighted by Gasteiger charge is 2.28. The number of rotatable bonds is 4. The monoisotopic (exact) mass is 236 g/mol. The van der Waals surface area contributed by atoms with Crippen LogP contribution < -0.4 is 5.32 Å². The third-order valence-corrected chi connectivity index (χ3v) is 4.06. The highest BCUT2D eigenvalue weighted by atomic mass is 15.3. The topological polar surface area (TPSA) is 42.7 Å². The van der Waals surface area contributed by atoms with E-state index in [9.17, 15) is 0 Å². The van der Waals surface area contributed by atoms with E-state index in [0.717, 1.165) is 24.7 Å². The lowest BCUT2D eigenvalue weighted by Crippen LogP contribution is -2.39. The molecule has 1 heterocycles. The molecule has 17 heavy (non-hydrogen) atoms. The van der Waals surface area contributed by atoms with Gasteiger partial charge in [0.1, 0.15) is 12.2 Å². The molecule has 2 rings (SSSR count). The number of hydrogen-bond donors (Lipinski definition) is 1. The second kappa shape index (κ2) is 5.63. The molecule has 0 aliphatic heterocycles. The molecule has 96 valence electrons. The lowest BCUT2D eigenvalue weighted by molar-refractivity contribution is 0.216.